The Bertz CT molecular complexity index is 649. The van der Waals surface area contributed by atoms with Gasteiger partial charge in [0.05, 0.1) is 0 Å². The first-order valence-electron chi connectivity index (χ1n) is 6.40. The lowest BCUT2D eigenvalue weighted by Crippen LogP contribution is -2.19. The number of hydrogen-bond acceptors (Lipinski definition) is 0. The lowest BCUT2D eigenvalue weighted by Gasteiger charge is -2.24. The largest absolute Gasteiger partial charge is 0.0843 e. The van der Waals surface area contributed by atoms with Crippen molar-refractivity contribution in [2.24, 2.45) is 0 Å². The zero-order chi connectivity index (χ0) is 13.9. The van der Waals surface area contributed by atoms with Crippen LogP contribution in [0.5, 0.6) is 0 Å². The molecular formula is C17H13BrClP. The lowest BCUT2D eigenvalue weighted by atomic mass is 10.4. The van der Waals surface area contributed by atoms with Gasteiger partial charge in [0.15, 0.2) is 0 Å². The first-order valence-corrected chi connectivity index (χ1v) is 8.98. The normalized spacial score (nSPS) is 15.7. The van der Waals surface area contributed by atoms with E-state index in [1.807, 2.05) is 12.1 Å². The van der Waals surface area contributed by atoms with Crippen molar-refractivity contribution < 1.29 is 0 Å². The van der Waals surface area contributed by atoms with Gasteiger partial charge in [0.25, 0.3) is 0 Å². The molecule has 0 radical (unpaired) electrons. The number of rotatable bonds is 3. The Morgan fingerprint density at radius 2 is 1.55 bits per heavy atom. The summed E-state index contributed by atoms with van der Waals surface area (Å²) < 4.78 is 1.18. The molecule has 0 aliphatic heterocycles. The Morgan fingerprint density at radius 3 is 2.20 bits per heavy atom. The molecule has 0 nitrogen and oxygen atoms in total. The standard InChI is InChI=1S/C17H13BrClP/c18-16-7-3-4-8-17(16)20(14-5-1-2-6-14)15-11-9-13(19)10-12-15/h1-12,14H. The van der Waals surface area contributed by atoms with Gasteiger partial charge < -0.3 is 0 Å². The maximum absolute atomic E-state index is 6.02. The summed E-state index contributed by atoms with van der Waals surface area (Å²) in [6.45, 7) is 0. The highest BCUT2D eigenvalue weighted by Gasteiger charge is 2.23. The van der Waals surface area contributed by atoms with Crippen LogP contribution in [0.4, 0.5) is 0 Å². The van der Waals surface area contributed by atoms with Crippen molar-refractivity contribution in [3.8, 4) is 0 Å². The molecule has 0 amide bonds. The molecule has 0 bridgehead atoms. The van der Waals surface area contributed by atoms with Crippen molar-refractivity contribution in [1.82, 2.24) is 0 Å². The Labute approximate surface area is 134 Å². The van der Waals surface area contributed by atoms with Crippen LogP contribution in [-0.4, -0.2) is 5.66 Å². The smallest absolute Gasteiger partial charge is 0.0406 e. The summed E-state index contributed by atoms with van der Waals surface area (Å²) in [5.74, 6) is 0. The second kappa shape index (κ2) is 6.26. The molecule has 20 heavy (non-hydrogen) atoms. The maximum Gasteiger partial charge on any atom is 0.0406 e. The van der Waals surface area contributed by atoms with Gasteiger partial charge in [0, 0.05) is 15.2 Å². The summed E-state index contributed by atoms with van der Waals surface area (Å²) in [7, 11) is -0.464. The molecule has 1 unspecified atom stereocenters. The quantitative estimate of drug-likeness (QED) is 0.671. The minimum Gasteiger partial charge on any atom is -0.0843 e. The van der Waals surface area contributed by atoms with Crippen LogP contribution in [-0.2, 0) is 0 Å². The van der Waals surface area contributed by atoms with Crippen molar-refractivity contribution in [3.63, 3.8) is 0 Å². The van der Waals surface area contributed by atoms with Gasteiger partial charge in [-0.05, 0) is 36.7 Å². The van der Waals surface area contributed by atoms with Crippen LogP contribution in [0.15, 0.2) is 77.3 Å². The summed E-state index contributed by atoms with van der Waals surface area (Å²) in [4.78, 5) is 0. The average Bonchev–Trinajstić information content (AvgIpc) is 2.97. The van der Waals surface area contributed by atoms with E-state index in [1.54, 1.807) is 0 Å². The van der Waals surface area contributed by atoms with Crippen molar-refractivity contribution in [2.75, 3.05) is 0 Å². The van der Waals surface area contributed by atoms with Gasteiger partial charge in [-0.25, -0.2) is 0 Å². The molecule has 0 saturated heterocycles. The molecule has 3 rings (SSSR count). The number of halogens is 2. The number of benzene rings is 2. The Kier molecular flexibility index (Phi) is 4.41. The van der Waals surface area contributed by atoms with Crippen LogP contribution >= 0.6 is 35.5 Å². The minimum atomic E-state index is -0.464. The van der Waals surface area contributed by atoms with Crippen LogP contribution in [0, 0.1) is 0 Å². The Balaban J connectivity index is 2.09. The molecule has 0 spiro atoms. The van der Waals surface area contributed by atoms with E-state index in [1.165, 1.54) is 15.1 Å². The molecule has 2 aromatic rings. The van der Waals surface area contributed by atoms with Gasteiger partial charge >= 0.3 is 0 Å². The monoisotopic (exact) mass is 362 g/mol. The second-order valence-electron chi connectivity index (χ2n) is 4.56. The maximum atomic E-state index is 6.02. The van der Waals surface area contributed by atoms with E-state index in [0.29, 0.717) is 5.66 Å². The highest BCUT2D eigenvalue weighted by atomic mass is 79.9. The van der Waals surface area contributed by atoms with E-state index in [9.17, 15) is 0 Å². The van der Waals surface area contributed by atoms with Crippen molar-refractivity contribution in [3.05, 3.63) is 82.3 Å². The van der Waals surface area contributed by atoms with Crippen LogP contribution in [0.3, 0.4) is 0 Å². The van der Waals surface area contributed by atoms with Crippen LogP contribution in [0.2, 0.25) is 5.02 Å². The fraction of sp³-hybridized carbons (Fsp3) is 0.0588. The summed E-state index contributed by atoms with van der Waals surface area (Å²) >= 11 is 9.72. The third-order valence-corrected chi connectivity index (χ3v) is 7.20. The Morgan fingerprint density at radius 1 is 0.900 bits per heavy atom. The molecule has 3 heteroatoms. The summed E-state index contributed by atoms with van der Waals surface area (Å²) in [6.07, 6.45) is 8.82. The van der Waals surface area contributed by atoms with E-state index < -0.39 is 7.92 Å². The zero-order valence-electron chi connectivity index (χ0n) is 10.7. The van der Waals surface area contributed by atoms with Gasteiger partial charge in [0.2, 0.25) is 0 Å². The first kappa shape index (κ1) is 14.1. The van der Waals surface area contributed by atoms with Gasteiger partial charge in [-0.1, -0.05) is 82.2 Å². The predicted octanol–water partition coefficient (Wildman–Crippen LogP) is 5.03. The van der Waals surface area contributed by atoms with Crippen LogP contribution < -0.4 is 10.6 Å². The van der Waals surface area contributed by atoms with E-state index >= 15 is 0 Å². The predicted molar refractivity (Wildman–Crippen MR) is 93.9 cm³/mol. The summed E-state index contributed by atoms with van der Waals surface area (Å²) in [5, 5.41) is 3.50. The van der Waals surface area contributed by atoms with E-state index in [-0.39, 0.29) is 0 Å². The average molecular weight is 364 g/mol. The summed E-state index contributed by atoms with van der Waals surface area (Å²) in [5.41, 5.74) is 0.449. The second-order valence-corrected chi connectivity index (χ2v) is 8.18. The van der Waals surface area contributed by atoms with Crippen molar-refractivity contribution in [1.29, 1.82) is 0 Å². The molecule has 0 fully saturated rings. The molecule has 2 aromatic carbocycles. The molecule has 0 aromatic heterocycles. The third kappa shape index (κ3) is 2.91. The Hall–Kier alpha value is -0.880. The van der Waals surface area contributed by atoms with Crippen molar-refractivity contribution in [2.45, 2.75) is 5.66 Å². The molecule has 1 aliphatic carbocycles. The fourth-order valence-electron chi connectivity index (χ4n) is 2.31. The highest BCUT2D eigenvalue weighted by Crippen LogP contribution is 2.44. The van der Waals surface area contributed by atoms with Crippen molar-refractivity contribution >= 4 is 46.1 Å². The number of hydrogen-bond donors (Lipinski definition) is 0. The highest BCUT2D eigenvalue weighted by molar-refractivity contribution is 9.10. The third-order valence-electron chi connectivity index (χ3n) is 3.24. The molecule has 100 valence electrons. The van der Waals surface area contributed by atoms with E-state index in [2.05, 4.69) is 76.6 Å². The molecular weight excluding hydrogens is 351 g/mol. The minimum absolute atomic E-state index is 0.449. The molecule has 1 atom stereocenters. The molecule has 0 N–H and O–H groups in total. The SMILES string of the molecule is Clc1ccc(P(c2ccccc2Br)C2C=CC=C2)cc1. The fourth-order valence-corrected chi connectivity index (χ4v) is 5.81. The van der Waals surface area contributed by atoms with Gasteiger partial charge in [0.1, 0.15) is 0 Å². The van der Waals surface area contributed by atoms with Gasteiger partial charge in [-0.2, -0.15) is 0 Å². The lowest BCUT2D eigenvalue weighted by molar-refractivity contribution is 1.44. The molecule has 1 aliphatic rings. The van der Waals surface area contributed by atoms with E-state index in [4.69, 9.17) is 11.6 Å². The van der Waals surface area contributed by atoms with Gasteiger partial charge in [-0.3, -0.25) is 0 Å². The van der Waals surface area contributed by atoms with E-state index in [0.717, 1.165) is 5.02 Å². The zero-order valence-corrected chi connectivity index (χ0v) is 13.9. The topological polar surface area (TPSA) is 0 Å². The first-order chi connectivity index (χ1) is 9.75. The molecule has 0 heterocycles. The molecule has 0 saturated carbocycles. The van der Waals surface area contributed by atoms with Crippen LogP contribution in [0.1, 0.15) is 0 Å². The number of allylic oxidation sites excluding steroid dienone is 4. The van der Waals surface area contributed by atoms with Gasteiger partial charge in [-0.15, -0.1) is 0 Å². The summed E-state index contributed by atoms with van der Waals surface area (Å²) in [6, 6.07) is 16.7. The van der Waals surface area contributed by atoms with Crippen LogP contribution in [0.25, 0.3) is 0 Å².